The van der Waals surface area contributed by atoms with E-state index in [0.717, 1.165) is 25.6 Å². The number of rotatable bonds is 3. The molecule has 0 amide bonds. The molecule has 3 rings (SSSR count). The van der Waals surface area contributed by atoms with Gasteiger partial charge in [-0.15, -0.1) is 0 Å². The highest BCUT2D eigenvalue weighted by Crippen LogP contribution is 2.38. The summed E-state index contributed by atoms with van der Waals surface area (Å²) in [6, 6.07) is 8.80. The van der Waals surface area contributed by atoms with Crippen LogP contribution in [0.4, 0.5) is 0 Å². The highest BCUT2D eigenvalue weighted by molar-refractivity contribution is 5.29. The van der Waals surface area contributed by atoms with Crippen molar-refractivity contribution in [2.75, 3.05) is 13.1 Å². The van der Waals surface area contributed by atoms with Gasteiger partial charge < -0.3 is 5.73 Å². The Labute approximate surface area is 104 Å². The van der Waals surface area contributed by atoms with Crippen LogP contribution in [-0.2, 0) is 13.0 Å². The fourth-order valence-corrected chi connectivity index (χ4v) is 3.04. The number of hydrogen-bond donors (Lipinski definition) is 1. The molecule has 1 heterocycles. The van der Waals surface area contributed by atoms with Crippen LogP contribution in [0.1, 0.15) is 30.9 Å². The maximum Gasteiger partial charge on any atom is 0.0283 e. The van der Waals surface area contributed by atoms with E-state index in [4.69, 9.17) is 5.73 Å². The second-order valence-corrected chi connectivity index (χ2v) is 6.01. The molecule has 0 aromatic heterocycles. The molecule has 1 atom stereocenters. The van der Waals surface area contributed by atoms with Gasteiger partial charge in [0.1, 0.15) is 0 Å². The molecule has 1 aromatic carbocycles. The predicted octanol–water partition coefficient (Wildman–Crippen LogP) is 2.17. The minimum absolute atomic E-state index is 0.0201. The van der Waals surface area contributed by atoms with Crippen LogP contribution < -0.4 is 5.73 Å². The second-order valence-electron chi connectivity index (χ2n) is 6.01. The Morgan fingerprint density at radius 2 is 2.00 bits per heavy atom. The Morgan fingerprint density at radius 1 is 1.29 bits per heavy atom. The lowest BCUT2D eigenvalue weighted by Gasteiger charge is -2.35. The third-order valence-electron chi connectivity index (χ3n) is 4.28. The molecule has 17 heavy (non-hydrogen) atoms. The van der Waals surface area contributed by atoms with Gasteiger partial charge in [0.15, 0.2) is 0 Å². The Kier molecular flexibility index (Phi) is 2.72. The topological polar surface area (TPSA) is 29.3 Å². The summed E-state index contributed by atoms with van der Waals surface area (Å²) in [5.41, 5.74) is 9.46. The van der Waals surface area contributed by atoms with Crippen LogP contribution in [0.2, 0.25) is 0 Å². The van der Waals surface area contributed by atoms with Crippen molar-refractivity contribution in [1.82, 2.24) is 4.90 Å². The fraction of sp³-hybridized carbons (Fsp3) is 0.600. The summed E-state index contributed by atoms with van der Waals surface area (Å²) in [6.45, 7) is 5.52. The third kappa shape index (κ3) is 2.38. The summed E-state index contributed by atoms with van der Waals surface area (Å²) in [5.74, 6) is 0.764. The van der Waals surface area contributed by atoms with Crippen molar-refractivity contribution in [2.24, 2.45) is 11.7 Å². The summed E-state index contributed by atoms with van der Waals surface area (Å²) < 4.78 is 0. The van der Waals surface area contributed by atoms with Crippen molar-refractivity contribution in [2.45, 2.75) is 38.3 Å². The lowest BCUT2D eigenvalue weighted by molar-refractivity contribution is 0.187. The molecular formula is C15H22N2. The molecule has 1 saturated carbocycles. The maximum absolute atomic E-state index is 6.43. The number of fused-ring (bicyclic) bond motifs is 1. The van der Waals surface area contributed by atoms with Gasteiger partial charge >= 0.3 is 0 Å². The van der Waals surface area contributed by atoms with Crippen molar-refractivity contribution in [1.29, 1.82) is 0 Å². The Balaban J connectivity index is 1.68. The first-order valence-electron chi connectivity index (χ1n) is 6.73. The molecule has 1 fully saturated rings. The molecule has 1 aromatic rings. The van der Waals surface area contributed by atoms with Crippen molar-refractivity contribution >= 4 is 0 Å². The lowest BCUT2D eigenvalue weighted by Crippen LogP contribution is -2.50. The Hall–Kier alpha value is -0.860. The van der Waals surface area contributed by atoms with Crippen LogP contribution in [0, 0.1) is 5.92 Å². The summed E-state index contributed by atoms with van der Waals surface area (Å²) >= 11 is 0. The first-order valence-corrected chi connectivity index (χ1v) is 6.73. The van der Waals surface area contributed by atoms with Crippen molar-refractivity contribution in [3.63, 3.8) is 0 Å². The van der Waals surface area contributed by atoms with Gasteiger partial charge in [0.25, 0.3) is 0 Å². The van der Waals surface area contributed by atoms with E-state index in [1.165, 1.54) is 30.4 Å². The minimum Gasteiger partial charge on any atom is -0.324 e. The monoisotopic (exact) mass is 230 g/mol. The summed E-state index contributed by atoms with van der Waals surface area (Å²) in [7, 11) is 0. The molecular weight excluding hydrogens is 208 g/mol. The zero-order valence-corrected chi connectivity index (χ0v) is 10.7. The smallest absolute Gasteiger partial charge is 0.0283 e. The first kappa shape index (κ1) is 11.2. The van der Waals surface area contributed by atoms with Gasteiger partial charge in [-0.3, -0.25) is 4.90 Å². The van der Waals surface area contributed by atoms with Crippen LogP contribution in [0.25, 0.3) is 0 Å². The minimum atomic E-state index is 0.0201. The largest absolute Gasteiger partial charge is 0.324 e. The van der Waals surface area contributed by atoms with Crippen molar-refractivity contribution in [3.8, 4) is 0 Å². The summed E-state index contributed by atoms with van der Waals surface area (Å²) in [5, 5.41) is 0. The van der Waals surface area contributed by atoms with Crippen molar-refractivity contribution < 1.29 is 0 Å². The van der Waals surface area contributed by atoms with E-state index in [9.17, 15) is 0 Å². The van der Waals surface area contributed by atoms with Crippen LogP contribution in [0.15, 0.2) is 24.3 Å². The average molecular weight is 230 g/mol. The van der Waals surface area contributed by atoms with E-state index in [0.29, 0.717) is 0 Å². The van der Waals surface area contributed by atoms with Crippen molar-refractivity contribution in [3.05, 3.63) is 35.4 Å². The van der Waals surface area contributed by atoms with Crippen LogP contribution in [0.5, 0.6) is 0 Å². The highest BCUT2D eigenvalue weighted by Gasteiger charge is 2.39. The van der Waals surface area contributed by atoms with Crippen LogP contribution in [0.3, 0.4) is 0 Å². The molecule has 0 bridgehead atoms. The number of hydrogen-bond acceptors (Lipinski definition) is 2. The molecule has 2 nitrogen and oxygen atoms in total. The first-order chi connectivity index (χ1) is 8.15. The maximum atomic E-state index is 6.43. The molecule has 92 valence electrons. The summed E-state index contributed by atoms with van der Waals surface area (Å²) in [6.07, 6.45) is 3.84. The van der Waals surface area contributed by atoms with E-state index in [-0.39, 0.29) is 5.54 Å². The van der Waals surface area contributed by atoms with Crippen LogP contribution >= 0.6 is 0 Å². The van der Waals surface area contributed by atoms with Gasteiger partial charge in [0.2, 0.25) is 0 Å². The number of nitrogens with zero attached hydrogens (tertiary/aromatic N) is 1. The SMILES string of the molecule is CC(N)(CN1CCc2ccccc2C1)C1CC1. The molecule has 0 radical (unpaired) electrons. The summed E-state index contributed by atoms with van der Waals surface area (Å²) in [4.78, 5) is 2.53. The Bertz CT molecular complexity index is 407. The zero-order chi connectivity index (χ0) is 11.9. The highest BCUT2D eigenvalue weighted by atomic mass is 15.2. The van der Waals surface area contributed by atoms with E-state index in [2.05, 4.69) is 36.1 Å². The van der Waals surface area contributed by atoms with Gasteiger partial charge in [-0.25, -0.2) is 0 Å². The quantitative estimate of drug-likeness (QED) is 0.862. The number of benzene rings is 1. The van der Waals surface area contributed by atoms with Gasteiger partial charge in [0, 0.05) is 25.2 Å². The predicted molar refractivity (Wildman–Crippen MR) is 70.7 cm³/mol. The zero-order valence-electron chi connectivity index (χ0n) is 10.7. The standard InChI is InChI=1S/C15H22N2/c1-15(16,14-6-7-14)11-17-9-8-12-4-2-3-5-13(12)10-17/h2-5,14H,6-11,16H2,1H3. The van der Waals surface area contributed by atoms with E-state index >= 15 is 0 Å². The third-order valence-corrected chi connectivity index (χ3v) is 4.28. The van der Waals surface area contributed by atoms with E-state index in [1.54, 1.807) is 0 Å². The van der Waals surface area contributed by atoms with Gasteiger partial charge in [-0.1, -0.05) is 24.3 Å². The second kappa shape index (κ2) is 4.11. The lowest BCUT2D eigenvalue weighted by atomic mass is 9.93. The Morgan fingerprint density at radius 3 is 2.71 bits per heavy atom. The fourth-order valence-electron chi connectivity index (χ4n) is 3.04. The molecule has 1 aliphatic heterocycles. The molecule has 2 aliphatic rings. The normalized spacial score (nSPS) is 24.1. The molecule has 0 spiro atoms. The van der Waals surface area contributed by atoms with Crippen LogP contribution in [-0.4, -0.2) is 23.5 Å². The molecule has 1 aliphatic carbocycles. The van der Waals surface area contributed by atoms with Gasteiger partial charge in [0.05, 0.1) is 0 Å². The molecule has 2 N–H and O–H groups in total. The van der Waals surface area contributed by atoms with E-state index < -0.39 is 0 Å². The molecule has 2 heteroatoms. The number of nitrogens with two attached hydrogens (primary N) is 1. The van der Waals surface area contributed by atoms with Gasteiger partial charge in [-0.2, -0.15) is 0 Å². The molecule has 0 saturated heterocycles. The van der Waals surface area contributed by atoms with E-state index in [1.807, 2.05) is 0 Å². The molecule has 1 unspecified atom stereocenters. The average Bonchev–Trinajstić information content (AvgIpc) is 3.12. The van der Waals surface area contributed by atoms with Gasteiger partial charge in [-0.05, 0) is 43.2 Å².